The van der Waals surface area contributed by atoms with Crippen molar-refractivity contribution in [2.24, 2.45) is 0 Å². The zero-order valence-electron chi connectivity index (χ0n) is 53.2. The molecule has 494 valence electrons. The highest BCUT2D eigenvalue weighted by Gasteiger charge is 2.48. The number of phosphoric acid groups is 3. The number of fused-ring (bicyclic) bond motifs is 5. The van der Waals surface area contributed by atoms with Gasteiger partial charge in [0.2, 0.25) is 11.3 Å². The molecule has 0 saturated carbocycles. The second kappa shape index (κ2) is 27.3. The maximum absolute atomic E-state index is 14.8. The van der Waals surface area contributed by atoms with Crippen molar-refractivity contribution in [3.8, 4) is 0 Å². The molecule has 1 saturated heterocycles. The molecule has 1 fully saturated rings. The van der Waals surface area contributed by atoms with Crippen LogP contribution in [-0.4, -0.2) is 138 Å². The summed E-state index contributed by atoms with van der Waals surface area (Å²) in [6.45, 7) is 16.9. The van der Waals surface area contributed by atoms with Gasteiger partial charge in [0.1, 0.15) is 37.7 Å². The van der Waals surface area contributed by atoms with Crippen molar-refractivity contribution in [2.45, 2.75) is 160 Å². The summed E-state index contributed by atoms with van der Waals surface area (Å²) in [5.41, 5.74) is 13.2. The molecule has 7 N–H and O–H groups in total. The number of anilines is 2. The lowest BCUT2D eigenvalue weighted by molar-refractivity contribution is -0.121. The number of carbonyl (C=O) groups is 2. The van der Waals surface area contributed by atoms with Crippen molar-refractivity contribution in [3.63, 3.8) is 0 Å². The molecule has 2 aromatic heterocycles. The minimum atomic E-state index is -5.82. The number of hydrogen-bond acceptors (Lipinski definition) is 17. The molecule has 8 atom stereocenters. The van der Waals surface area contributed by atoms with Crippen LogP contribution in [0.15, 0.2) is 85.5 Å². The largest absolute Gasteiger partial charge is 0.490 e. The summed E-state index contributed by atoms with van der Waals surface area (Å²) in [6, 6.07) is 25.0. The molecule has 92 heavy (non-hydrogen) atoms. The summed E-state index contributed by atoms with van der Waals surface area (Å²) >= 11 is 0. The van der Waals surface area contributed by atoms with Gasteiger partial charge >= 0.3 is 23.5 Å². The molecule has 0 spiro atoms. The number of nitrogens with zero attached hydrogens (tertiary/aromatic N) is 7. The first-order valence-corrected chi connectivity index (χ1v) is 36.3. The fourth-order valence-electron chi connectivity index (χ4n) is 14.5. The van der Waals surface area contributed by atoms with E-state index in [4.69, 9.17) is 13.8 Å². The minimum absolute atomic E-state index is 0.00310. The SMILES string of the molecule is CCN1c2cc3c(cc2C(C)CC1(C)C)C(c1ccccc1C(=O)N(C)CCCC(=O)NCCCCCCOP(=O)(O)OP(=O)(O)OP(=O)(O)OC[C@H]1O[C@@H](n2cnc4c(NCc5ccccc5)ncnc42)[C@H](O)[C@@H]1O)=c1cc2c4c(c1C3(C)C)CCC[N+]=4CCC2. The number of amides is 2. The molecular formula is C65H85N9O15P3+. The molecule has 1 aliphatic carbocycles. The van der Waals surface area contributed by atoms with Gasteiger partial charge in [0.25, 0.3) is 5.91 Å². The Kier molecular flexibility index (Phi) is 20.0. The Bertz CT molecular complexity index is 4050. The first-order chi connectivity index (χ1) is 43.8. The number of phosphoric ester groups is 2. The first-order valence-electron chi connectivity index (χ1n) is 31.8. The van der Waals surface area contributed by atoms with Gasteiger partial charge in [-0.05, 0) is 134 Å². The van der Waals surface area contributed by atoms with E-state index in [1.807, 2.05) is 48.5 Å². The summed E-state index contributed by atoms with van der Waals surface area (Å²) in [4.78, 5) is 75.6. The third-order valence-corrected chi connectivity index (χ3v) is 22.9. The van der Waals surface area contributed by atoms with Crippen LogP contribution in [0, 0.1) is 0 Å². The summed E-state index contributed by atoms with van der Waals surface area (Å²) in [7, 11) is -14.9. The maximum Gasteiger partial charge on any atom is 0.490 e. The second-order valence-corrected chi connectivity index (χ2v) is 30.5. The van der Waals surface area contributed by atoms with Crippen LogP contribution in [0.2, 0.25) is 0 Å². The number of aliphatic hydroxyl groups excluding tert-OH is 2. The van der Waals surface area contributed by atoms with E-state index in [0.717, 1.165) is 68.4 Å². The number of ether oxygens (including phenoxy) is 1. The zero-order valence-corrected chi connectivity index (χ0v) is 55.9. The van der Waals surface area contributed by atoms with E-state index in [1.54, 1.807) is 11.9 Å². The molecular weight excluding hydrogens is 1240 g/mol. The molecule has 11 rings (SSSR count). The molecule has 24 nitrogen and oxygen atoms in total. The number of imidazole rings is 1. The lowest BCUT2D eigenvalue weighted by atomic mass is 9.64. The summed E-state index contributed by atoms with van der Waals surface area (Å²) in [5.74, 6) is 0.431. The van der Waals surface area contributed by atoms with Crippen LogP contribution >= 0.6 is 23.5 Å². The van der Waals surface area contributed by atoms with E-state index in [-0.39, 0.29) is 41.3 Å². The first kappa shape index (κ1) is 67.4. The smallest absolute Gasteiger partial charge is 0.387 e. The topological polar surface area (TPSA) is 310 Å². The third-order valence-electron chi connectivity index (χ3n) is 18.6. The highest BCUT2D eigenvalue weighted by Crippen LogP contribution is 2.68. The van der Waals surface area contributed by atoms with Crippen molar-refractivity contribution in [1.82, 2.24) is 34.3 Å². The van der Waals surface area contributed by atoms with E-state index in [1.165, 1.54) is 66.9 Å². The van der Waals surface area contributed by atoms with E-state index in [2.05, 4.69) is 109 Å². The number of aryl methyl sites for hydroxylation is 1. The number of nitrogens with one attached hydrogen (secondary N) is 2. The second-order valence-electron chi connectivity index (χ2n) is 25.9. The number of benzene rings is 4. The maximum atomic E-state index is 14.8. The fourth-order valence-corrected chi connectivity index (χ4v) is 18.0. The Morgan fingerprint density at radius 2 is 1.55 bits per heavy atom. The average molecular weight is 1330 g/mol. The third kappa shape index (κ3) is 14.2. The zero-order chi connectivity index (χ0) is 65.5. The van der Waals surface area contributed by atoms with Crippen LogP contribution in [0.5, 0.6) is 0 Å². The molecule has 4 aromatic carbocycles. The average Bonchev–Trinajstić information content (AvgIpc) is 0.867. The van der Waals surface area contributed by atoms with Crippen LogP contribution in [-0.2, 0) is 65.7 Å². The Hall–Kier alpha value is -6.07. The predicted octanol–water partition coefficient (Wildman–Crippen LogP) is 8.04. The van der Waals surface area contributed by atoms with E-state index >= 15 is 0 Å². The standard InChI is InChI=1S/C65H84N9O15P3/c1-8-74-51-35-50-48(34-47(51)41(2)36-64(74,3)4)54(49-33-43-23-18-30-72-31-19-26-46(57(43)72)55(49)65(50,5)6)44-24-14-15-25-45(44)62(78)71(7)29-20-27-53(75)66-28-16-9-10-17-32-85-90(79,80)88-92(83,84)89-91(81,82)86-38-52-58(76)59(77)63(87-52)73-40-70-56-60(68-39-69-61(56)73)67-37-42-21-12-11-13-22-42/h11-15,21-22,24-25,33-35,39-41,52,58-59,63,76-77H,8-10,16-20,23,26-32,36-38H2,1-7H3,(H4-,66,67,68,69,75,79,80,81,82,83,84)/p+1/t41?,52-,58-,59-,63-/m1/s1. The van der Waals surface area contributed by atoms with Crippen molar-refractivity contribution < 1.29 is 70.6 Å². The quantitative estimate of drug-likeness (QED) is 0.0153. The van der Waals surface area contributed by atoms with Gasteiger partial charge in [0.15, 0.2) is 23.2 Å². The minimum Gasteiger partial charge on any atom is -0.387 e. The van der Waals surface area contributed by atoms with E-state index < -0.39 is 61.2 Å². The van der Waals surface area contributed by atoms with Gasteiger partial charge in [0, 0.05) is 85.8 Å². The molecule has 4 aliphatic heterocycles. The Morgan fingerprint density at radius 3 is 2.32 bits per heavy atom. The highest BCUT2D eigenvalue weighted by molar-refractivity contribution is 7.66. The number of hydrogen-bond donors (Lipinski definition) is 7. The molecule has 2 amide bonds. The number of aromatic nitrogens is 4. The van der Waals surface area contributed by atoms with Crippen molar-refractivity contribution >= 4 is 63.5 Å². The van der Waals surface area contributed by atoms with Gasteiger partial charge in [0.05, 0.1) is 19.5 Å². The van der Waals surface area contributed by atoms with Crippen LogP contribution in [0.3, 0.4) is 0 Å². The summed E-state index contributed by atoms with van der Waals surface area (Å²) < 4.78 is 65.8. The van der Waals surface area contributed by atoms with Crippen LogP contribution < -0.4 is 30.7 Å². The molecule has 6 aromatic rings. The lowest BCUT2D eigenvalue weighted by Gasteiger charge is -2.48. The van der Waals surface area contributed by atoms with Gasteiger partial charge in [-0.25, -0.2) is 33.2 Å². The van der Waals surface area contributed by atoms with Crippen molar-refractivity contribution in [2.75, 3.05) is 63.2 Å². The van der Waals surface area contributed by atoms with Gasteiger partial charge in [-0.1, -0.05) is 82.1 Å². The Labute approximate surface area is 535 Å². The fraction of sp³-hybridized carbons (Fsp3) is 0.508. The van der Waals surface area contributed by atoms with Crippen LogP contribution in [0.4, 0.5) is 11.5 Å². The monoisotopic (exact) mass is 1320 g/mol. The number of aliphatic hydroxyl groups is 2. The summed E-state index contributed by atoms with van der Waals surface area (Å²) in [5, 5.41) is 30.4. The molecule has 5 aliphatic rings. The van der Waals surface area contributed by atoms with Crippen LogP contribution in [0.1, 0.15) is 166 Å². The molecule has 27 heteroatoms. The normalized spacial score (nSPS) is 22.3. The summed E-state index contributed by atoms with van der Waals surface area (Å²) in [6.07, 6.45) is 4.13. The van der Waals surface area contributed by atoms with Crippen molar-refractivity contribution in [3.05, 3.63) is 146 Å². The Balaban J connectivity index is 0.632. The van der Waals surface area contributed by atoms with Gasteiger partial charge in [-0.15, -0.1) is 0 Å². The predicted molar refractivity (Wildman–Crippen MR) is 346 cm³/mol. The van der Waals surface area contributed by atoms with Gasteiger partial charge in [-0.3, -0.25) is 23.2 Å². The lowest BCUT2D eigenvalue weighted by Crippen LogP contribution is -2.50. The van der Waals surface area contributed by atoms with E-state index in [0.29, 0.717) is 68.1 Å². The highest BCUT2D eigenvalue weighted by atomic mass is 31.3. The van der Waals surface area contributed by atoms with E-state index in [9.17, 15) is 48.2 Å². The number of rotatable bonds is 26. The van der Waals surface area contributed by atoms with Crippen molar-refractivity contribution in [1.29, 1.82) is 0 Å². The van der Waals surface area contributed by atoms with Gasteiger partial charge < -0.3 is 50.1 Å². The number of unbranched alkanes of at least 4 members (excludes halogenated alkanes) is 3. The Morgan fingerprint density at radius 1 is 0.837 bits per heavy atom. The van der Waals surface area contributed by atoms with Gasteiger partial charge in [-0.2, -0.15) is 8.62 Å². The molecule has 4 unspecified atom stereocenters. The molecule has 6 heterocycles. The molecule has 0 bridgehead atoms. The number of carbonyl (C=O) groups excluding carboxylic acids is 2. The molecule has 0 radical (unpaired) electrons. The van der Waals surface area contributed by atoms with Crippen LogP contribution in [0.25, 0.3) is 16.7 Å².